The molecule has 0 amide bonds. The average molecular weight is 208 g/mol. The Morgan fingerprint density at radius 1 is 0.933 bits per heavy atom. The van der Waals surface area contributed by atoms with Crippen molar-refractivity contribution in [2.75, 3.05) is 20.1 Å². The fraction of sp³-hybridized carbons (Fsp3) is 1.00. The lowest BCUT2D eigenvalue weighted by atomic mass is 9.81. The zero-order valence-corrected chi connectivity index (χ0v) is 9.91. The van der Waals surface area contributed by atoms with E-state index >= 15 is 0 Å². The van der Waals surface area contributed by atoms with E-state index in [4.69, 9.17) is 0 Å². The highest BCUT2D eigenvalue weighted by Gasteiger charge is 2.37. The summed E-state index contributed by atoms with van der Waals surface area (Å²) in [5, 5.41) is 3.39. The van der Waals surface area contributed by atoms with E-state index in [2.05, 4.69) is 17.3 Å². The summed E-state index contributed by atoms with van der Waals surface area (Å²) in [7, 11) is 2.35. The second kappa shape index (κ2) is 4.06. The van der Waals surface area contributed by atoms with Crippen molar-refractivity contribution in [3.63, 3.8) is 0 Å². The summed E-state index contributed by atoms with van der Waals surface area (Å²) < 4.78 is 0. The van der Waals surface area contributed by atoms with Gasteiger partial charge in [0.05, 0.1) is 0 Å². The number of likely N-dealkylation sites (N-methyl/N-ethyl adjacent to an activating group) is 1. The van der Waals surface area contributed by atoms with Gasteiger partial charge in [0.1, 0.15) is 0 Å². The van der Waals surface area contributed by atoms with Crippen LogP contribution in [-0.4, -0.2) is 37.1 Å². The van der Waals surface area contributed by atoms with Gasteiger partial charge in [0.2, 0.25) is 0 Å². The molecule has 2 heteroatoms. The van der Waals surface area contributed by atoms with E-state index in [1.807, 2.05) is 0 Å². The van der Waals surface area contributed by atoms with Crippen LogP contribution in [0.3, 0.4) is 0 Å². The topological polar surface area (TPSA) is 15.3 Å². The highest BCUT2D eigenvalue weighted by Crippen LogP contribution is 2.44. The third-order valence-electron chi connectivity index (χ3n) is 4.89. The lowest BCUT2D eigenvalue weighted by Crippen LogP contribution is -2.59. The SMILES string of the molecule is CN(C1CNC1)C1CCCC(C2CC2)C1. The van der Waals surface area contributed by atoms with Crippen molar-refractivity contribution >= 4 is 0 Å². The van der Waals surface area contributed by atoms with Crippen LogP contribution < -0.4 is 5.32 Å². The molecule has 1 saturated heterocycles. The van der Waals surface area contributed by atoms with Crippen LogP contribution >= 0.6 is 0 Å². The smallest absolute Gasteiger partial charge is 0.0345 e. The van der Waals surface area contributed by atoms with E-state index in [1.165, 1.54) is 51.6 Å². The van der Waals surface area contributed by atoms with Gasteiger partial charge in [0.15, 0.2) is 0 Å². The number of nitrogens with one attached hydrogen (secondary N) is 1. The summed E-state index contributed by atoms with van der Waals surface area (Å²) in [4.78, 5) is 2.67. The predicted molar refractivity (Wildman–Crippen MR) is 62.9 cm³/mol. The minimum absolute atomic E-state index is 0.841. The van der Waals surface area contributed by atoms with Crippen LogP contribution in [0.1, 0.15) is 38.5 Å². The van der Waals surface area contributed by atoms with E-state index in [0.717, 1.165) is 23.9 Å². The number of rotatable bonds is 3. The van der Waals surface area contributed by atoms with Gasteiger partial charge in [-0.15, -0.1) is 0 Å². The highest BCUT2D eigenvalue weighted by atomic mass is 15.2. The van der Waals surface area contributed by atoms with Crippen molar-refractivity contribution in [1.29, 1.82) is 0 Å². The van der Waals surface area contributed by atoms with Crippen molar-refractivity contribution in [3.8, 4) is 0 Å². The molecule has 0 radical (unpaired) electrons. The van der Waals surface area contributed by atoms with Gasteiger partial charge in [-0.2, -0.15) is 0 Å². The minimum atomic E-state index is 0.841. The van der Waals surface area contributed by atoms with E-state index in [1.54, 1.807) is 0 Å². The standard InChI is InChI=1S/C13H24N2/c1-15(13-8-14-9-13)12-4-2-3-11(7-12)10-5-6-10/h10-14H,2-9H2,1H3. The summed E-state index contributed by atoms with van der Waals surface area (Å²) in [6, 6.07) is 1.74. The Kier molecular flexibility index (Phi) is 2.73. The summed E-state index contributed by atoms with van der Waals surface area (Å²) in [6.07, 6.45) is 9.03. The lowest BCUT2D eigenvalue weighted by Gasteiger charge is -2.43. The normalized spacial score (nSPS) is 38.0. The number of hydrogen-bond acceptors (Lipinski definition) is 2. The summed E-state index contributed by atoms with van der Waals surface area (Å²) in [6.45, 7) is 2.45. The van der Waals surface area contributed by atoms with E-state index in [9.17, 15) is 0 Å². The first-order chi connectivity index (χ1) is 7.34. The number of nitrogens with zero attached hydrogens (tertiary/aromatic N) is 1. The van der Waals surface area contributed by atoms with Crippen molar-refractivity contribution < 1.29 is 0 Å². The Hall–Kier alpha value is -0.0800. The maximum atomic E-state index is 3.39. The molecule has 1 aliphatic heterocycles. The molecular weight excluding hydrogens is 184 g/mol. The van der Waals surface area contributed by atoms with Crippen molar-refractivity contribution in [2.45, 2.75) is 50.6 Å². The fourth-order valence-electron chi connectivity index (χ4n) is 3.43. The summed E-state index contributed by atoms with van der Waals surface area (Å²) in [5.41, 5.74) is 0. The van der Waals surface area contributed by atoms with Crippen molar-refractivity contribution in [2.24, 2.45) is 11.8 Å². The molecule has 2 atom stereocenters. The molecule has 1 N–H and O–H groups in total. The monoisotopic (exact) mass is 208 g/mol. The molecule has 3 rings (SSSR count). The van der Waals surface area contributed by atoms with Gasteiger partial charge >= 0.3 is 0 Å². The maximum Gasteiger partial charge on any atom is 0.0345 e. The molecule has 1 heterocycles. The van der Waals surface area contributed by atoms with Gasteiger partial charge in [-0.1, -0.05) is 12.8 Å². The van der Waals surface area contributed by atoms with Gasteiger partial charge < -0.3 is 5.32 Å². The van der Waals surface area contributed by atoms with Crippen LogP contribution in [0.25, 0.3) is 0 Å². The lowest BCUT2D eigenvalue weighted by molar-refractivity contribution is 0.0812. The van der Waals surface area contributed by atoms with Gasteiger partial charge in [-0.3, -0.25) is 4.90 Å². The molecule has 2 saturated carbocycles. The molecule has 0 spiro atoms. The molecule has 2 aliphatic carbocycles. The highest BCUT2D eigenvalue weighted by molar-refractivity contribution is 4.92. The summed E-state index contributed by atoms with van der Waals surface area (Å²) >= 11 is 0. The van der Waals surface area contributed by atoms with Crippen LogP contribution in [0, 0.1) is 11.8 Å². The van der Waals surface area contributed by atoms with Gasteiger partial charge in [-0.05, 0) is 44.6 Å². The Labute approximate surface area is 93.4 Å². The van der Waals surface area contributed by atoms with E-state index in [-0.39, 0.29) is 0 Å². The molecule has 3 aliphatic rings. The van der Waals surface area contributed by atoms with E-state index in [0.29, 0.717) is 0 Å². The van der Waals surface area contributed by atoms with Gasteiger partial charge in [-0.25, -0.2) is 0 Å². The minimum Gasteiger partial charge on any atom is -0.314 e. The van der Waals surface area contributed by atoms with Crippen molar-refractivity contribution in [1.82, 2.24) is 10.2 Å². The first-order valence-electron chi connectivity index (χ1n) is 6.77. The third-order valence-corrected chi connectivity index (χ3v) is 4.89. The van der Waals surface area contributed by atoms with Crippen LogP contribution in [0.15, 0.2) is 0 Å². The van der Waals surface area contributed by atoms with E-state index < -0.39 is 0 Å². The van der Waals surface area contributed by atoms with Crippen LogP contribution in [0.5, 0.6) is 0 Å². The average Bonchev–Trinajstić information content (AvgIpc) is 2.98. The fourth-order valence-corrected chi connectivity index (χ4v) is 3.43. The Morgan fingerprint density at radius 2 is 1.73 bits per heavy atom. The number of hydrogen-bond donors (Lipinski definition) is 1. The first-order valence-corrected chi connectivity index (χ1v) is 6.77. The van der Waals surface area contributed by atoms with Crippen molar-refractivity contribution in [3.05, 3.63) is 0 Å². The molecule has 0 aromatic heterocycles. The van der Waals surface area contributed by atoms with Gasteiger partial charge in [0, 0.05) is 25.2 Å². The molecule has 2 unspecified atom stereocenters. The zero-order valence-electron chi connectivity index (χ0n) is 9.91. The first kappa shape index (κ1) is 10.1. The second-order valence-corrected chi connectivity index (χ2v) is 5.90. The molecule has 0 bridgehead atoms. The summed E-state index contributed by atoms with van der Waals surface area (Å²) in [5.74, 6) is 2.21. The molecule has 0 aromatic rings. The van der Waals surface area contributed by atoms with Crippen LogP contribution in [0.2, 0.25) is 0 Å². The molecule has 86 valence electrons. The Bertz CT molecular complexity index is 221. The quantitative estimate of drug-likeness (QED) is 0.761. The zero-order chi connectivity index (χ0) is 10.3. The third kappa shape index (κ3) is 2.07. The maximum absolute atomic E-state index is 3.39. The molecular formula is C13H24N2. The van der Waals surface area contributed by atoms with Crippen LogP contribution in [-0.2, 0) is 0 Å². The molecule has 2 nitrogen and oxygen atoms in total. The van der Waals surface area contributed by atoms with Gasteiger partial charge in [0.25, 0.3) is 0 Å². The molecule has 3 fully saturated rings. The Balaban J connectivity index is 1.55. The molecule has 15 heavy (non-hydrogen) atoms. The largest absolute Gasteiger partial charge is 0.314 e. The predicted octanol–water partition coefficient (Wildman–Crippen LogP) is 1.86. The second-order valence-electron chi connectivity index (χ2n) is 5.90. The Morgan fingerprint density at radius 3 is 2.33 bits per heavy atom. The molecule has 0 aromatic carbocycles. The van der Waals surface area contributed by atoms with Crippen LogP contribution in [0.4, 0.5) is 0 Å².